The third kappa shape index (κ3) is 2.66. The van der Waals surface area contributed by atoms with Crippen molar-refractivity contribution in [2.75, 3.05) is 18.9 Å². The smallest absolute Gasteiger partial charge is 0.270 e. The first kappa shape index (κ1) is 13.3. The summed E-state index contributed by atoms with van der Waals surface area (Å²) in [4.78, 5) is 16.2. The minimum atomic E-state index is -0.248. The number of nitrogens with two attached hydrogens (primary N) is 1. The highest BCUT2D eigenvalue weighted by atomic mass is 16.3. The molecule has 2 aromatic rings. The number of pyridine rings is 1. The van der Waals surface area contributed by atoms with Crippen LogP contribution >= 0.6 is 0 Å². The van der Waals surface area contributed by atoms with Crippen molar-refractivity contribution in [2.45, 2.75) is 13.3 Å². The summed E-state index contributed by atoms with van der Waals surface area (Å²) >= 11 is 0. The molecule has 0 aliphatic rings. The number of anilines is 1. The number of aliphatic hydroxyl groups excluding tert-OH is 1. The van der Waals surface area contributed by atoms with Crippen LogP contribution in [-0.2, 0) is 0 Å². The largest absolute Gasteiger partial charge is 0.398 e. The zero-order valence-electron chi connectivity index (χ0n) is 10.8. The Hall–Kier alpha value is -2.14. The third-order valence-corrected chi connectivity index (χ3v) is 3.04. The number of carbonyl (C=O) groups excluding carboxylic acids is 1. The van der Waals surface area contributed by atoms with E-state index in [1.54, 1.807) is 6.20 Å². The molecule has 0 unspecified atom stereocenters. The Bertz CT molecular complexity index is 611. The minimum absolute atomic E-state index is 0.0510. The van der Waals surface area contributed by atoms with Gasteiger partial charge in [-0.1, -0.05) is 12.1 Å². The predicted octanol–water partition coefficient (Wildman–Crippen LogP) is 1.24. The molecule has 2 rings (SSSR count). The standard InChI is InChI=1S/C14H17N3O2/c1-9-3-4-11-10(12(9)15)5-7-16-13(11)14(19)17-6-2-8-18/h3-5,7,18H,2,6,8,15H2,1H3,(H,17,19). The van der Waals surface area contributed by atoms with E-state index in [0.29, 0.717) is 24.3 Å². The molecule has 100 valence electrons. The van der Waals surface area contributed by atoms with E-state index in [9.17, 15) is 4.79 Å². The van der Waals surface area contributed by atoms with Crippen LogP contribution in [0.3, 0.4) is 0 Å². The summed E-state index contributed by atoms with van der Waals surface area (Å²) in [5, 5.41) is 13.0. The maximum absolute atomic E-state index is 12.0. The second-order valence-electron chi connectivity index (χ2n) is 4.38. The fourth-order valence-electron chi connectivity index (χ4n) is 1.93. The highest BCUT2D eigenvalue weighted by Crippen LogP contribution is 2.25. The van der Waals surface area contributed by atoms with Crippen molar-refractivity contribution in [2.24, 2.45) is 0 Å². The van der Waals surface area contributed by atoms with Crippen molar-refractivity contribution < 1.29 is 9.90 Å². The van der Waals surface area contributed by atoms with Gasteiger partial charge >= 0.3 is 0 Å². The number of nitrogen functional groups attached to an aromatic ring is 1. The topological polar surface area (TPSA) is 88.2 Å². The van der Waals surface area contributed by atoms with Crippen LogP contribution in [0, 0.1) is 6.92 Å². The molecule has 1 amide bonds. The van der Waals surface area contributed by atoms with Gasteiger partial charge in [-0.3, -0.25) is 9.78 Å². The summed E-state index contributed by atoms with van der Waals surface area (Å²) in [6.45, 7) is 2.40. The number of aliphatic hydroxyl groups is 1. The van der Waals surface area contributed by atoms with E-state index in [1.807, 2.05) is 25.1 Å². The van der Waals surface area contributed by atoms with Crippen LogP contribution in [0.1, 0.15) is 22.5 Å². The van der Waals surface area contributed by atoms with E-state index in [1.165, 1.54) is 0 Å². The molecule has 0 spiro atoms. The molecular formula is C14H17N3O2. The number of rotatable bonds is 4. The minimum Gasteiger partial charge on any atom is -0.398 e. The lowest BCUT2D eigenvalue weighted by atomic mass is 10.0. The molecular weight excluding hydrogens is 242 g/mol. The van der Waals surface area contributed by atoms with Crippen LogP contribution in [-0.4, -0.2) is 29.1 Å². The average molecular weight is 259 g/mol. The Morgan fingerprint density at radius 2 is 2.16 bits per heavy atom. The van der Waals surface area contributed by atoms with Crippen molar-refractivity contribution in [3.63, 3.8) is 0 Å². The molecule has 0 aliphatic carbocycles. The molecule has 0 atom stereocenters. The van der Waals surface area contributed by atoms with E-state index < -0.39 is 0 Å². The number of hydrogen-bond acceptors (Lipinski definition) is 4. The highest BCUT2D eigenvalue weighted by molar-refractivity contribution is 6.08. The van der Waals surface area contributed by atoms with Gasteiger partial charge in [-0.25, -0.2) is 0 Å². The zero-order valence-corrected chi connectivity index (χ0v) is 10.8. The molecule has 0 saturated heterocycles. The van der Waals surface area contributed by atoms with Crippen LogP contribution in [0.15, 0.2) is 24.4 Å². The number of amides is 1. The van der Waals surface area contributed by atoms with Gasteiger partial charge in [0.1, 0.15) is 5.69 Å². The summed E-state index contributed by atoms with van der Waals surface area (Å²) in [6.07, 6.45) is 2.11. The van der Waals surface area contributed by atoms with E-state index in [4.69, 9.17) is 10.8 Å². The van der Waals surface area contributed by atoms with Gasteiger partial charge in [-0.15, -0.1) is 0 Å². The molecule has 1 aromatic heterocycles. The fraction of sp³-hybridized carbons (Fsp3) is 0.286. The van der Waals surface area contributed by atoms with Gasteiger partial charge in [0.2, 0.25) is 0 Å². The highest BCUT2D eigenvalue weighted by Gasteiger charge is 2.12. The molecule has 0 saturated carbocycles. The van der Waals surface area contributed by atoms with Crippen LogP contribution < -0.4 is 11.1 Å². The number of hydrogen-bond donors (Lipinski definition) is 3. The number of nitrogens with zero attached hydrogens (tertiary/aromatic N) is 1. The van der Waals surface area contributed by atoms with E-state index in [2.05, 4.69) is 10.3 Å². The number of nitrogens with one attached hydrogen (secondary N) is 1. The lowest BCUT2D eigenvalue weighted by Gasteiger charge is -2.09. The maximum Gasteiger partial charge on any atom is 0.270 e. The van der Waals surface area contributed by atoms with Crippen LogP contribution in [0.25, 0.3) is 10.8 Å². The van der Waals surface area contributed by atoms with E-state index >= 15 is 0 Å². The van der Waals surface area contributed by atoms with E-state index in [0.717, 1.165) is 16.3 Å². The normalized spacial score (nSPS) is 10.6. The van der Waals surface area contributed by atoms with Crippen molar-refractivity contribution in [1.29, 1.82) is 0 Å². The SMILES string of the molecule is Cc1ccc2c(C(=O)NCCCO)nccc2c1N. The van der Waals surface area contributed by atoms with Crippen LogP contribution in [0.5, 0.6) is 0 Å². The second kappa shape index (κ2) is 5.67. The van der Waals surface area contributed by atoms with Gasteiger partial charge in [-0.2, -0.15) is 0 Å². The number of aromatic nitrogens is 1. The monoisotopic (exact) mass is 259 g/mol. The molecule has 0 aliphatic heterocycles. The first-order valence-electron chi connectivity index (χ1n) is 6.18. The van der Waals surface area contributed by atoms with Gasteiger partial charge in [0.25, 0.3) is 5.91 Å². The second-order valence-corrected chi connectivity index (χ2v) is 4.38. The number of benzene rings is 1. The Labute approximate surface area is 111 Å². The van der Waals surface area contributed by atoms with Crippen LogP contribution in [0.4, 0.5) is 5.69 Å². The predicted molar refractivity (Wildman–Crippen MR) is 74.9 cm³/mol. The van der Waals surface area contributed by atoms with Gasteiger partial charge < -0.3 is 16.2 Å². The number of aryl methyl sites for hydroxylation is 1. The van der Waals surface area contributed by atoms with Crippen LogP contribution in [0.2, 0.25) is 0 Å². The van der Waals surface area contributed by atoms with Gasteiger partial charge in [0, 0.05) is 35.8 Å². The van der Waals surface area contributed by atoms with E-state index in [-0.39, 0.29) is 12.5 Å². The Morgan fingerprint density at radius 3 is 2.89 bits per heavy atom. The molecule has 1 aromatic carbocycles. The molecule has 0 radical (unpaired) electrons. The fourth-order valence-corrected chi connectivity index (χ4v) is 1.93. The third-order valence-electron chi connectivity index (χ3n) is 3.04. The molecule has 5 heteroatoms. The van der Waals surface area contributed by atoms with Crippen molar-refractivity contribution >= 4 is 22.4 Å². The molecule has 0 bridgehead atoms. The first-order valence-corrected chi connectivity index (χ1v) is 6.18. The van der Waals surface area contributed by atoms with Gasteiger partial charge in [0.15, 0.2) is 0 Å². The quantitative estimate of drug-likeness (QED) is 0.569. The Kier molecular flexibility index (Phi) is 3.97. The molecule has 19 heavy (non-hydrogen) atoms. The Balaban J connectivity index is 2.39. The summed E-state index contributed by atoms with van der Waals surface area (Å²) in [5.41, 5.74) is 8.03. The van der Waals surface area contributed by atoms with Crippen molar-refractivity contribution in [3.05, 3.63) is 35.7 Å². The zero-order chi connectivity index (χ0) is 13.8. The summed E-state index contributed by atoms with van der Waals surface area (Å²) in [6, 6.07) is 5.54. The summed E-state index contributed by atoms with van der Waals surface area (Å²) in [7, 11) is 0. The van der Waals surface area contributed by atoms with Crippen molar-refractivity contribution in [1.82, 2.24) is 10.3 Å². The average Bonchev–Trinajstić information content (AvgIpc) is 2.42. The molecule has 0 fully saturated rings. The molecule has 5 nitrogen and oxygen atoms in total. The molecule has 1 heterocycles. The van der Waals surface area contributed by atoms with Crippen molar-refractivity contribution in [3.8, 4) is 0 Å². The Morgan fingerprint density at radius 1 is 1.37 bits per heavy atom. The molecule has 4 N–H and O–H groups in total. The number of carbonyl (C=O) groups is 1. The number of fused-ring (bicyclic) bond motifs is 1. The lowest BCUT2D eigenvalue weighted by molar-refractivity contribution is 0.0948. The maximum atomic E-state index is 12.0. The summed E-state index contributed by atoms with van der Waals surface area (Å²) < 4.78 is 0. The van der Waals surface area contributed by atoms with Gasteiger partial charge in [-0.05, 0) is 25.0 Å². The first-order chi connectivity index (χ1) is 9.15. The summed E-state index contributed by atoms with van der Waals surface area (Å²) in [5.74, 6) is -0.248. The van der Waals surface area contributed by atoms with Gasteiger partial charge in [0.05, 0.1) is 0 Å². The lowest BCUT2D eigenvalue weighted by Crippen LogP contribution is -2.26.